The van der Waals surface area contributed by atoms with E-state index < -0.39 is 16.1 Å². The fraction of sp³-hybridized carbons (Fsp3) is 0.429. The topological polar surface area (TPSA) is 79.3 Å². The number of β-amino-alcohol motifs (C(OH)–C–C–N with tert-alkyl or cyclic N) is 1. The van der Waals surface area contributed by atoms with Gasteiger partial charge in [-0.1, -0.05) is 17.7 Å². The third-order valence-electron chi connectivity index (χ3n) is 4.92. The van der Waals surface area contributed by atoms with E-state index in [0.29, 0.717) is 31.2 Å². The van der Waals surface area contributed by atoms with Crippen molar-refractivity contribution in [1.82, 2.24) is 4.90 Å². The van der Waals surface area contributed by atoms with Crippen LogP contribution in [0.5, 0.6) is 5.75 Å². The summed E-state index contributed by atoms with van der Waals surface area (Å²) in [7, 11) is -2.28. The first-order valence-electron chi connectivity index (χ1n) is 9.62. The summed E-state index contributed by atoms with van der Waals surface area (Å²) >= 11 is 0. The van der Waals surface area contributed by atoms with Crippen LogP contribution in [-0.2, 0) is 14.8 Å². The zero-order chi connectivity index (χ0) is 20.9. The Hall–Kier alpha value is -2.13. The molecule has 0 aromatic heterocycles. The Bertz CT molecular complexity index is 878. The number of nitrogens with zero attached hydrogens (tertiary/aromatic N) is 2. The lowest BCUT2D eigenvalue weighted by atomic mass is 10.2. The third-order valence-corrected chi connectivity index (χ3v) is 6.73. The highest BCUT2D eigenvalue weighted by molar-refractivity contribution is 7.92. The lowest BCUT2D eigenvalue weighted by Crippen LogP contribution is -2.46. The molecule has 1 N–H and O–H groups in total. The third kappa shape index (κ3) is 5.48. The number of hydrogen-bond acceptors (Lipinski definition) is 6. The number of aliphatic hydroxyl groups is 1. The molecule has 29 heavy (non-hydrogen) atoms. The summed E-state index contributed by atoms with van der Waals surface area (Å²) in [4.78, 5) is 2.27. The Balaban J connectivity index is 1.86. The molecule has 1 fully saturated rings. The molecular formula is C21H28N2O5S. The molecule has 0 aliphatic carbocycles. The minimum Gasteiger partial charge on any atom is -0.497 e. The number of morpholine rings is 1. The van der Waals surface area contributed by atoms with Crippen LogP contribution >= 0.6 is 0 Å². The molecule has 0 amide bonds. The molecule has 0 saturated carbocycles. The van der Waals surface area contributed by atoms with Crippen LogP contribution in [0.25, 0.3) is 0 Å². The van der Waals surface area contributed by atoms with Crippen molar-refractivity contribution in [3.8, 4) is 5.75 Å². The largest absolute Gasteiger partial charge is 0.497 e. The average Bonchev–Trinajstić information content (AvgIpc) is 2.73. The predicted octanol–water partition coefficient (Wildman–Crippen LogP) is 1.89. The van der Waals surface area contributed by atoms with Gasteiger partial charge in [-0.15, -0.1) is 0 Å². The van der Waals surface area contributed by atoms with Crippen LogP contribution in [0.2, 0.25) is 0 Å². The molecule has 1 heterocycles. The van der Waals surface area contributed by atoms with Gasteiger partial charge in [0.1, 0.15) is 5.75 Å². The van der Waals surface area contributed by atoms with Gasteiger partial charge in [-0.3, -0.25) is 9.21 Å². The van der Waals surface area contributed by atoms with Crippen molar-refractivity contribution in [2.75, 3.05) is 50.8 Å². The first kappa shape index (κ1) is 21.6. The van der Waals surface area contributed by atoms with Gasteiger partial charge in [0, 0.05) is 19.6 Å². The molecule has 158 valence electrons. The second kappa shape index (κ2) is 9.58. The maximum atomic E-state index is 13.4. The van der Waals surface area contributed by atoms with Gasteiger partial charge in [0.2, 0.25) is 0 Å². The Morgan fingerprint density at radius 3 is 2.31 bits per heavy atom. The molecule has 2 aromatic rings. The molecule has 2 aromatic carbocycles. The normalized spacial score (nSPS) is 16.4. The SMILES string of the molecule is COc1ccc(N(C[C@H](O)CN2CCOCC2)S(=O)(=O)c2ccc(C)cc2)cc1. The molecule has 3 rings (SSSR count). The van der Waals surface area contributed by atoms with Crippen LogP contribution in [0.15, 0.2) is 53.4 Å². The summed E-state index contributed by atoms with van der Waals surface area (Å²) < 4.78 is 38.5. The zero-order valence-electron chi connectivity index (χ0n) is 16.8. The van der Waals surface area contributed by atoms with Gasteiger partial charge < -0.3 is 14.6 Å². The minimum atomic E-state index is -3.84. The van der Waals surface area contributed by atoms with Gasteiger partial charge in [-0.05, 0) is 43.3 Å². The van der Waals surface area contributed by atoms with Gasteiger partial charge in [-0.25, -0.2) is 8.42 Å². The van der Waals surface area contributed by atoms with Gasteiger partial charge in [0.25, 0.3) is 10.0 Å². The van der Waals surface area contributed by atoms with Crippen molar-refractivity contribution < 1.29 is 23.0 Å². The second-order valence-corrected chi connectivity index (χ2v) is 8.98. The number of ether oxygens (including phenoxy) is 2. The van der Waals surface area contributed by atoms with E-state index in [1.54, 1.807) is 55.6 Å². The van der Waals surface area contributed by atoms with E-state index in [1.165, 1.54) is 4.31 Å². The number of benzene rings is 2. The van der Waals surface area contributed by atoms with Crippen LogP contribution in [0.4, 0.5) is 5.69 Å². The highest BCUT2D eigenvalue weighted by atomic mass is 32.2. The van der Waals surface area contributed by atoms with E-state index in [2.05, 4.69) is 4.90 Å². The molecule has 1 aliphatic rings. The highest BCUT2D eigenvalue weighted by Gasteiger charge is 2.28. The van der Waals surface area contributed by atoms with E-state index in [9.17, 15) is 13.5 Å². The lowest BCUT2D eigenvalue weighted by Gasteiger charge is -2.31. The van der Waals surface area contributed by atoms with Crippen molar-refractivity contribution in [3.05, 3.63) is 54.1 Å². The van der Waals surface area contributed by atoms with E-state index >= 15 is 0 Å². The van der Waals surface area contributed by atoms with Crippen molar-refractivity contribution in [3.63, 3.8) is 0 Å². The van der Waals surface area contributed by atoms with Gasteiger partial charge >= 0.3 is 0 Å². The second-order valence-electron chi connectivity index (χ2n) is 7.11. The molecule has 1 saturated heterocycles. The summed E-state index contributed by atoms with van der Waals surface area (Å²) in [6, 6.07) is 13.5. The van der Waals surface area contributed by atoms with Crippen molar-refractivity contribution in [2.45, 2.75) is 17.9 Å². The van der Waals surface area contributed by atoms with Crippen molar-refractivity contribution in [2.24, 2.45) is 0 Å². The Labute approximate surface area is 172 Å². The van der Waals surface area contributed by atoms with E-state index in [0.717, 1.165) is 18.7 Å². The Morgan fingerprint density at radius 2 is 1.72 bits per heavy atom. The average molecular weight is 421 g/mol. The van der Waals surface area contributed by atoms with Gasteiger partial charge in [0.05, 0.1) is 43.6 Å². The molecule has 1 aliphatic heterocycles. The predicted molar refractivity (Wildman–Crippen MR) is 112 cm³/mol. The Morgan fingerprint density at radius 1 is 1.10 bits per heavy atom. The Kier molecular flexibility index (Phi) is 7.13. The molecule has 7 nitrogen and oxygen atoms in total. The molecule has 8 heteroatoms. The number of rotatable bonds is 8. The van der Waals surface area contributed by atoms with Crippen molar-refractivity contribution in [1.29, 1.82) is 0 Å². The number of anilines is 1. The number of aryl methyl sites for hydroxylation is 1. The van der Waals surface area contributed by atoms with Crippen LogP contribution in [0.3, 0.4) is 0 Å². The summed E-state index contributed by atoms with van der Waals surface area (Å²) in [5.74, 6) is 0.635. The maximum absolute atomic E-state index is 13.4. The van der Waals surface area contributed by atoms with Crippen LogP contribution in [0.1, 0.15) is 5.56 Å². The van der Waals surface area contributed by atoms with Crippen LogP contribution in [-0.4, -0.2) is 71.0 Å². The molecular weight excluding hydrogens is 392 g/mol. The highest BCUT2D eigenvalue weighted by Crippen LogP contribution is 2.26. The minimum absolute atomic E-state index is 0.0418. The first-order valence-corrected chi connectivity index (χ1v) is 11.1. The molecule has 0 bridgehead atoms. The van der Waals surface area contributed by atoms with E-state index in [1.807, 2.05) is 6.92 Å². The monoisotopic (exact) mass is 420 g/mol. The van der Waals surface area contributed by atoms with Gasteiger partial charge in [-0.2, -0.15) is 0 Å². The summed E-state index contributed by atoms with van der Waals surface area (Å²) in [6.45, 7) is 4.95. The summed E-state index contributed by atoms with van der Waals surface area (Å²) in [6.07, 6.45) is -0.838. The number of sulfonamides is 1. The lowest BCUT2D eigenvalue weighted by molar-refractivity contribution is 0.0166. The standard InChI is InChI=1S/C21H28N2O5S/c1-17-3-9-21(10-4-17)29(25,26)23(18-5-7-20(27-2)8-6-18)16-19(24)15-22-11-13-28-14-12-22/h3-10,19,24H,11-16H2,1-2H3/t19-/m1/s1. The fourth-order valence-electron chi connectivity index (χ4n) is 3.26. The number of hydrogen-bond donors (Lipinski definition) is 1. The van der Waals surface area contributed by atoms with Crippen molar-refractivity contribution >= 4 is 15.7 Å². The fourth-order valence-corrected chi connectivity index (χ4v) is 4.76. The smallest absolute Gasteiger partial charge is 0.264 e. The first-order chi connectivity index (χ1) is 13.9. The number of methoxy groups -OCH3 is 1. The summed E-state index contributed by atoms with van der Waals surface area (Å²) in [5, 5.41) is 10.7. The number of aliphatic hydroxyl groups excluding tert-OH is 1. The molecule has 0 spiro atoms. The van der Waals surface area contributed by atoms with Crippen LogP contribution < -0.4 is 9.04 Å². The summed E-state index contributed by atoms with van der Waals surface area (Å²) in [5.41, 5.74) is 1.46. The maximum Gasteiger partial charge on any atom is 0.264 e. The van der Waals surface area contributed by atoms with Crippen LogP contribution in [0, 0.1) is 6.92 Å². The molecule has 0 radical (unpaired) electrons. The van der Waals surface area contributed by atoms with Gasteiger partial charge in [0.15, 0.2) is 0 Å². The quantitative estimate of drug-likeness (QED) is 0.703. The van der Waals surface area contributed by atoms with E-state index in [-0.39, 0.29) is 11.4 Å². The molecule has 0 unspecified atom stereocenters. The van der Waals surface area contributed by atoms with E-state index in [4.69, 9.17) is 9.47 Å². The molecule has 1 atom stereocenters. The zero-order valence-corrected chi connectivity index (χ0v) is 17.6.